The molecule has 0 aliphatic heterocycles. The number of Topliss-reactive ketones (excluding diaryl/α,β-unsaturated/α-hetero) is 1. The van der Waals surface area contributed by atoms with E-state index in [1.54, 1.807) is 24.3 Å². The van der Waals surface area contributed by atoms with Gasteiger partial charge in [-0.25, -0.2) is 0 Å². The Morgan fingerprint density at radius 1 is 0.769 bits per heavy atom. The van der Waals surface area contributed by atoms with E-state index >= 15 is 0 Å². The number of aliphatic hydroxyl groups is 4. The predicted octanol–water partition coefficient (Wildman–Crippen LogP) is 0.762. The number of aliphatic hydroxyl groups excluding tert-OH is 2. The van der Waals surface area contributed by atoms with Crippen LogP contribution in [0.1, 0.15) is 23.0 Å². The Bertz CT molecular complexity index is 681. The molecule has 2 rings (SSSR count). The number of hydrogen-bond acceptors (Lipinski definition) is 7. The quantitative estimate of drug-likeness (QED) is 0.512. The second-order valence-corrected chi connectivity index (χ2v) is 5.74. The summed E-state index contributed by atoms with van der Waals surface area (Å²) in [5, 5.41) is 39.1. The van der Waals surface area contributed by atoms with Gasteiger partial charge in [0.25, 0.3) is 0 Å². The van der Waals surface area contributed by atoms with Gasteiger partial charge in [0, 0.05) is 0 Å². The van der Waals surface area contributed by atoms with Crippen molar-refractivity contribution in [3.63, 3.8) is 0 Å². The fourth-order valence-corrected chi connectivity index (χ4v) is 2.83. The summed E-state index contributed by atoms with van der Waals surface area (Å²) in [4.78, 5) is 13.0. The maximum absolute atomic E-state index is 13.0. The van der Waals surface area contributed by atoms with Gasteiger partial charge in [-0.1, -0.05) is 24.3 Å². The van der Waals surface area contributed by atoms with Crippen LogP contribution in [0.3, 0.4) is 0 Å². The van der Waals surface area contributed by atoms with Crippen molar-refractivity contribution in [1.82, 2.24) is 0 Å². The molecule has 0 saturated carbocycles. The topological polar surface area (TPSA) is 116 Å². The third-order valence-corrected chi connectivity index (χ3v) is 4.12. The van der Waals surface area contributed by atoms with Gasteiger partial charge < -0.3 is 29.9 Å². The number of methoxy groups -OCH3 is 2. The molecule has 26 heavy (non-hydrogen) atoms. The number of carbonyl (C=O) groups excluding carboxylic acids is 1. The fraction of sp³-hybridized carbons (Fsp3) is 0.316. The highest BCUT2D eigenvalue weighted by Crippen LogP contribution is 2.33. The molecule has 7 nitrogen and oxygen atoms in total. The molecule has 140 valence electrons. The molecular formula is C19H22O7. The molecule has 0 saturated heterocycles. The minimum atomic E-state index is -2.03. The number of ketones is 1. The Hall–Kier alpha value is -2.45. The minimum absolute atomic E-state index is 0.290. The highest BCUT2D eigenvalue weighted by Gasteiger charge is 2.37. The Labute approximate surface area is 151 Å². The minimum Gasteiger partial charge on any atom is -0.497 e. The second kappa shape index (κ2) is 8.77. The van der Waals surface area contributed by atoms with Crippen molar-refractivity contribution in [3.8, 4) is 11.5 Å². The zero-order chi connectivity index (χ0) is 19.3. The lowest BCUT2D eigenvalue weighted by Gasteiger charge is -2.26. The Kier molecular flexibility index (Phi) is 6.70. The Morgan fingerprint density at radius 3 is 1.46 bits per heavy atom. The van der Waals surface area contributed by atoms with Crippen LogP contribution < -0.4 is 9.47 Å². The molecule has 0 amide bonds. The summed E-state index contributed by atoms with van der Waals surface area (Å²) in [6.45, 7) is 0. The second-order valence-electron chi connectivity index (χ2n) is 5.74. The highest BCUT2D eigenvalue weighted by molar-refractivity contribution is 5.92. The lowest BCUT2D eigenvalue weighted by atomic mass is 9.82. The monoisotopic (exact) mass is 362 g/mol. The molecular weight excluding hydrogens is 340 g/mol. The van der Waals surface area contributed by atoms with Crippen molar-refractivity contribution in [1.29, 1.82) is 0 Å². The maximum Gasteiger partial charge on any atom is 0.165 e. The molecule has 0 spiro atoms. The van der Waals surface area contributed by atoms with Gasteiger partial charge in [0.05, 0.1) is 26.1 Å². The van der Waals surface area contributed by atoms with Crippen LogP contribution in [0.15, 0.2) is 48.5 Å². The zero-order valence-corrected chi connectivity index (χ0v) is 14.4. The van der Waals surface area contributed by atoms with E-state index in [0.717, 1.165) is 0 Å². The highest BCUT2D eigenvalue weighted by atomic mass is 16.5. The molecule has 2 aromatic rings. The van der Waals surface area contributed by atoms with Crippen molar-refractivity contribution >= 4 is 5.78 Å². The van der Waals surface area contributed by atoms with Crippen LogP contribution in [-0.2, 0) is 4.79 Å². The van der Waals surface area contributed by atoms with Gasteiger partial charge in [-0.3, -0.25) is 4.79 Å². The lowest BCUT2D eigenvalue weighted by molar-refractivity contribution is -0.143. The number of benzene rings is 2. The first-order chi connectivity index (χ1) is 12.4. The van der Waals surface area contributed by atoms with E-state index in [2.05, 4.69) is 0 Å². The average Bonchev–Trinajstić information content (AvgIpc) is 2.61. The van der Waals surface area contributed by atoms with E-state index in [1.165, 1.54) is 38.5 Å². The van der Waals surface area contributed by atoms with Crippen molar-refractivity contribution in [2.75, 3.05) is 14.2 Å². The molecule has 7 heteroatoms. The number of hydrogen-bond donors (Lipinski definition) is 4. The smallest absolute Gasteiger partial charge is 0.165 e. The molecule has 0 bridgehead atoms. The van der Waals surface area contributed by atoms with Crippen molar-refractivity contribution in [3.05, 3.63) is 59.7 Å². The molecule has 2 unspecified atom stereocenters. The summed E-state index contributed by atoms with van der Waals surface area (Å²) in [5.74, 6) is -2.66. The Balaban J connectivity index is 2.46. The first-order valence-corrected chi connectivity index (χ1v) is 7.93. The van der Waals surface area contributed by atoms with Crippen LogP contribution in [0.25, 0.3) is 0 Å². The third-order valence-electron chi connectivity index (χ3n) is 4.12. The van der Waals surface area contributed by atoms with Crippen molar-refractivity contribution in [2.45, 2.75) is 24.4 Å². The average molecular weight is 362 g/mol. The van der Waals surface area contributed by atoms with E-state index in [0.29, 0.717) is 11.5 Å². The van der Waals surface area contributed by atoms with E-state index in [-0.39, 0.29) is 11.1 Å². The maximum atomic E-state index is 13.0. The molecule has 0 aliphatic rings. The third kappa shape index (κ3) is 4.39. The summed E-state index contributed by atoms with van der Waals surface area (Å²) in [7, 11) is 2.89. The van der Waals surface area contributed by atoms with Crippen LogP contribution >= 0.6 is 0 Å². The van der Waals surface area contributed by atoms with E-state index < -0.39 is 30.2 Å². The predicted molar refractivity (Wildman–Crippen MR) is 92.9 cm³/mol. The van der Waals surface area contributed by atoms with Gasteiger partial charge >= 0.3 is 0 Å². The molecule has 0 radical (unpaired) electrons. The van der Waals surface area contributed by atoms with Gasteiger partial charge in [-0.2, -0.15) is 0 Å². The number of carbonyl (C=O) groups is 1. The Morgan fingerprint density at radius 2 is 1.15 bits per heavy atom. The van der Waals surface area contributed by atoms with E-state index in [1.807, 2.05) is 0 Å². The van der Waals surface area contributed by atoms with Crippen molar-refractivity contribution in [2.24, 2.45) is 0 Å². The summed E-state index contributed by atoms with van der Waals surface area (Å²) in [6, 6.07) is 12.6. The molecule has 0 heterocycles. The van der Waals surface area contributed by atoms with Gasteiger partial charge in [0.2, 0.25) is 0 Å². The fourth-order valence-electron chi connectivity index (χ4n) is 2.83. The lowest BCUT2D eigenvalue weighted by Crippen LogP contribution is -2.35. The SMILES string of the molecule is COc1cccc(C(C(=O)C(c2cccc(OC)c2)C(O)O)C(O)O)c1. The molecule has 0 fully saturated rings. The van der Waals surface area contributed by atoms with Crippen LogP contribution in [0, 0.1) is 0 Å². The van der Waals surface area contributed by atoms with Crippen LogP contribution in [0.2, 0.25) is 0 Å². The van der Waals surface area contributed by atoms with Crippen LogP contribution in [-0.4, -0.2) is 53.0 Å². The largest absolute Gasteiger partial charge is 0.497 e. The van der Waals surface area contributed by atoms with Gasteiger partial charge in [0.1, 0.15) is 11.5 Å². The van der Waals surface area contributed by atoms with Gasteiger partial charge in [-0.15, -0.1) is 0 Å². The zero-order valence-electron chi connectivity index (χ0n) is 14.4. The summed E-state index contributed by atoms with van der Waals surface area (Å²) >= 11 is 0. The first kappa shape index (κ1) is 19.9. The molecule has 0 aliphatic carbocycles. The molecule has 0 aromatic heterocycles. The van der Waals surface area contributed by atoms with Crippen LogP contribution in [0.4, 0.5) is 0 Å². The number of ether oxygens (including phenoxy) is 2. The van der Waals surface area contributed by atoms with Gasteiger partial charge in [0.15, 0.2) is 18.4 Å². The summed E-state index contributed by atoms with van der Waals surface area (Å²) in [5.41, 5.74) is 0.579. The molecule has 2 atom stereocenters. The van der Waals surface area contributed by atoms with Crippen molar-refractivity contribution < 1.29 is 34.7 Å². The van der Waals surface area contributed by atoms with Gasteiger partial charge in [-0.05, 0) is 35.4 Å². The van der Waals surface area contributed by atoms with E-state index in [9.17, 15) is 25.2 Å². The first-order valence-electron chi connectivity index (χ1n) is 7.93. The normalized spacial score (nSPS) is 13.5. The molecule has 4 N–H and O–H groups in total. The number of rotatable bonds is 8. The standard InChI is InChI=1S/C19H22O7/c1-25-13-7-3-5-11(9-13)15(18(21)22)17(20)16(19(23)24)12-6-4-8-14(10-12)26-2/h3-10,15-16,18-19,21-24H,1-2H3. The molecule has 2 aromatic carbocycles. The summed E-state index contributed by atoms with van der Waals surface area (Å²) < 4.78 is 10.2. The van der Waals surface area contributed by atoms with Crippen LogP contribution in [0.5, 0.6) is 11.5 Å². The van der Waals surface area contributed by atoms with E-state index in [4.69, 9.17) is 9.47 Å². The summed E-state index contributed by atoms with van der Waals surface area (Å²) in [6.07, 6.45) is -4.05.